The van der Waals surface area contributed by atoms with Crippen LogP contribution in [0.2, 0.25) is 0 Å². The Labute approximate surface area is 90.9 Å². The first-order chi connectivity index (χ1) is 6.79. The Morgan fingerprint density at radius 2 is 2.29 bits per heavy atom. The molecule has 0 unspecified atom stereocenters. The fraction of sp³-hybridized carbons (Fsp3) is 0.300. The molecule has 0 atom stereocenters. The summed E-state index contributed by atoms with van der Waals surface area (Å²) in [4.78, 5) is 6.98. The molecule has 14 heavy (non-hydrogen) atoms. The number of aromatic nitrogens is 1. The van der Waals surface area contributed by atoms with Crippen molar-refractivity contribution in [3.63, 3.8) is 0 Å². The largest absolute Gasteiger partial charge is 0.396 e. The Balaban J connectivity index is 2.24. The molecule has 0 bridgehead atoms. The maximum atomic E-state index is 8.77. The molecule has 1 N–H and O–H groups in total. The van der Waals surface area contributed by atoms with Crippen LogP contribution in [0.25, 0.3) is 9.88 Å². The number of hydrogen-bond donors (Lipinski definition) is 1. The van der Waals surface area contributed by atoms with E-state index in [1.165, 1.54) is 9.75 Å². The minimum absolute atomic E-state index is 0.173. The minimum atomic E-state index is 0.173. The van der Waals surface area contributed by atoms with Crippen molar-refractivity contribution in [3.8, 4) is 9.88 Å². The average molecular weight is 225 g/mol. The second-order valence-electron chi connectivity index (χ2n) is 3.03. The van der Waals surface area contributed by atoms with Crippen molar-refractivity contribution in [2.24, 2.45) is 0 Å². The van der Waals surface area contributed by atoms with Gasteiger partial charge in [0.25, 0.3) is 0 Å². The minimum Gasteiger partial charge on any atom is -0.396 e. The van der Waals surface area contributed by atoms with Crippen molar-refractivity contribution in [1.82, 2.24) is 4.98 Å². The molecule has 0 aromatic carbocycles. The normalized spacial score (nSPS) is 10.7. The van der Waals surface area contributed by atoms with Gasteiger partial charge in [-0.05, 0) is 19.1 Å². The number of nitrogens with zero attached hydrogens (tertiary/aromatic N) is 1. The van der Waals surface area contributed by atoms with Crippen LogP contribution < -0.4 is 0 Å². The molecule has 0 fully saturated rings. The lowest BCUT2D eigenvalue weighted by Crippen LogP contribution is -1.89. The predicted molar refractivity (Wildman–Crippen MR) is 61.0 cm³/mol. The van der Waals surface area contributed by atoms with E-state index in [2.05, 4.69) is 24.0 Å². The van der Waals surface area contributed by atoms with Crippen molar-refractivity contribution in [3.05, 3.63) is 28.1 Å². The maximum Gasteiger partial charge on any atom is 0.133 e. The summed E-state index contributed by atoms with van der Waals surface area (Å²) >= 11 is 3.40. The van der Waals surface area contributed by atoms with Crippen LogP contribution in [0.5, 0.6) is 0 Å². The van der Waals surface area contributed by atoms with Crippen LogP contribution >= 0.6 is 22.7 Å². The van der Waals surface area contributed by atoms with E-state index in [0.717, 1.165) is 10.7 Å². The molecular formula is C10H11NOS2. The summed E-state index contributed by atoms with van der Waals surface area (Å²) in [5, 5.41) is 11.8. The second kappa shape index (κ2) is 4.21. The lowest BCUT2D eigenvalue weighted by atomic mass is 10.3. The molecule has 2 heterocycles. The van der Waals surface area contributed by atoms with Crippen LogP contribution in [-0.4, -0.2) is 16.7 Å². The zero-order valence-corrected chi connectivity index (χ0v) is 9.49. The van der Waals surface area contributed by atoms with Crippen LogP contribution in [0, 0.1) is 6.92 Å². The van der Waals surface area contributed by atoms with Crippen LogP contribution in [0.3, 0.4) is 0 Å². The van der Waals surface area contributed by atoms with E-state index >= 15 is 0 Å². The highest BCUT2D eigenvalue weighted by Gasteiger charge is 2.05. The lowest BCUT2D eigenvalue weighted by molar-refractivity contribution is 0.298. The smallest absolute Gasteiger partial charge is 0.133 e. The number of hydrogen-bond acceptors (Lipinski definition) is 4. The highest BCUT2D eigenvalue weighted by Crippen LogP contribution is 2.30. The number of aryl methyl sites for hydroxylation is 1. The molecule has 4 heteroatoms. The Morgan fingerprint density at radius 1 is 1.43 bits per heavy atom. The number of rotatable bonds is 3. The van der Waals surface area contributed by atoms with Gasteiger partial charge in [-0.2, -0.15) is 0 Å². The summed E-state index contributed by atoms with van der Waals surface area (Å²) in [5.41, 5.74) is 0.985. The first-order valence-electron chi connectivity index (χ1n) is 4.41. The fourth-order valence-corrected chi connectivity index (χ4v) is 2.99. The molecule has 2 nitrogen and oxygen atoms in total. The SMILES string of the molecule is Cc1ccc(-c2nc(CCO)cs2)s1. The summed E-state index contributed by atoms with van der Waals surface area (Å²) in [6.45, 7) is 2.27. The van der Waals surface area contributed by atoms with Gasteiger partial charge >= 0.3 is 0 Å². The molecule has 0 spiro atoms. The summed E-state index contributed by atoms with van der Waals surface area (Å²) in [6.07, 6.45) is 0.654. The van der Waals surface area contributed by atoms with Gasteiger partial charge in [0.15, 0.2) is 0 Å². The summed E-state index contributed by atoms with van der Waals surface area (Å²) in [6, 6.07) is 4.20. The van der Waals surface area contributed by atoms with Crippen molar-refractivity contribution in [2.75, 3.05) is 6.61 Å². The lowest BCUT2D eigenvalue weighted by Gasteiger charge is -1.89. The molecule has 2 rings (SSSR count). The number of aliphatic hydroxyl groups excluding tert-OH is 1. The van der Waals surface area contributed by atoms with E-state index in [-0.39, 0.29) is 6.61 Å². The molecule has 2 aromatic heterocycles. The molecule has 74 valence electrons. The van der Waals surface area contributed by atoms with Crippen molar-refractivity contribution < 1.29 is 5.11 Å². The molecule has 2 aromatic rings. The first kappa shape index (κ1) is 9.83. The van der Waals surface area contributed by atoms with Crippen LogP contribution in [-0.2, 0) is 6.42 Å². The molecule has 0 saturated heterocycles. The molecule has 0 amide bonds. The van der Waals surface area contributed by atoms with Crippen LogP contribution in [0.15, 0.2) is 17.5 Å². The third-order valence-corrected chi connectivity index (χ3v) is 3.93. The predicted octanol–water partition coefficient (Wildman–Crippen LogP) is 2.71. The van der Waals surface area contributed by atoms with E-state index in [9.17, 15) is 0 Å². The highest BCUT2D eigenvalue weighted by atomic mass is 32.1. The average Bonchev–Trinajstić information content (AvgIpc) is 2.74. The van der Waals surface area contributed by atoms with E-state index < -0.39 is 0 Å². The molecule has 0 aliphatic rings. The molecule has 0 saturated carbocycles. The Bertz CT molecular complexity index is 419. The second-order valence-corrected chi connectivity index (χ2v) is 5.17. The Kier molecular flexibility index (Phi) is 2.96. The van der Waals surface area contributed by atoms with Gasteiger partial charge in [-0.25, -0.2) is 4.98 Å². The van der Waals surface area contributed by atoms with Gasteiger partial charge in [-0.3, -0.25) is 0 Å². The zero-order valence-electron chi connectivity index (χ0n) is 7.86. The first-order valence-corrected chi connectivity index (χ1v) is 6.11. The van der Waals surface area contributed by atoms with Gasteiger partial charge < -0.3 is 5.11 Å². The van der Waals surface area contributed by atoms with Gasteiger partial charge in [-0.1, -0.05) is 0 Å². The van der Waals surface area contributed by atoms with Gasteiger partial charge in [0.05, 0.1) is 10.6 Å². The summed E-state index contributed by atoms with van der Waals surface area (Å²) in [7, 11) is 0. The van der Waals surface area contributed by atoms with E-state index in [4.69, 9.17) is 5.11 Å². The number of thiophene rings is 1. The molecule has 0 aliphatic carbocycles. The highest BCUT2D eigenvalue weighted by molar-refractivity contribution is 7.21. The maximum absolute atomic E-state index is 8.77. The van der Waals surface area contributed by atoms with Gasteiger partial charge in [-0.15, -0.1) is 22.7 Å². The number of thiazole rings is 1. The summed E-state index contributed by atoms with van der Waals surface area (Å²) < 4.78 is 0. The van der Waals surface area contributed by atoms with Crippen LogP contribution in [0.1, 0.15) is 10.6 Å². The topological polar surface area (TPSA) is 33.1 Å². The van der Waals surface area contributed by atoms with E-state index in [1.807, 2.05) is 5.38 Å². The van der Waals surface area contributed by atoms with Gasteiger partial charge in [0.2, 0.25) is 0 Å². The standard InChI is InChI=1S/C10H11NOS2/c1-7-2-3-9(14-7)10-11-8(4-5-12)6-13-10/h2-3,6,12H,4-5H2,1H3. The van der Waals surface area contributed by atoms with E-state index in [0.29, 0.717) is 6.42 Å². The van der Waals surface area contributed by atoms with Crippen molar-refractivity contribution in [2.45, 2.75) is 13.3 Å². The third-order valence-electron chi connectivity index (χ3n) is 1.87. The monoisotopic (exact) mass is 225 g/mol. The van der Waals surface area contributed by atoms with E-state index in [1.54, 1.807) is 22.7 Å². The molecular weight excluding hydrogens is 214 g/mol. The summed E-state index contributed by atoms with van der Waals surface area (Å²) in [5.74, 6) is 0. The third kappa shape index (κ3) is 2.03. The molecule has 0 radical (unpaired) electrons. The fourth-order valence-electron chi connectivity index (χ4n) is 1.20. The Hall–Kier alpha value is -0.710. The van der Waals surface area contributed by atoms with Gasteiger partial charge in [0.1, 0.15) is 5.01 Å². The van der Waals surface area contributed by atoms with Gasteiger partial charge in [0, 0.05) is 23.3 Å². The van der Waals surface area contributed by atoms with Crippen molar-refractivity contribution >= 4 is 22.7 Å². The quantitative estimate of drug-likeness (QED) is 0.871. The Morgan fingerprint density at radius 3 is 2.93 bits per heavy atom. The van der Waals surface area contributed by atoms with Crippen molar-refractivity contribution in [1.29, 1.82) is 0 Å². The zero-order chi connectivity index (χ0) is 9.97. The molecule has 0 aliphatic heterocycles. The number of aliphatic hydroxyl groups is 1. The van der Waals surface area contributed by atoms with Crippen LogP contribution in [0.4, 0.5) is 0 Å².